The van der Waals surface area contributed by atoms with Crippen molar-refractivity contribution in [2.75, 3.05) is 6.54 Å². The molecule has 0 aliphatic carbocycles. The normalized spacial score (nSPS) is 12.6. The molecule has 5 heteroatoms. The molecule has 1 atom stereocenters. The van der Waals surface area contributed by atoms with Crippen LogP contribution >= 0.6 is 15.9 Å². The highest BCUT2D eigenvalue weighted by atomic mass is 79.9. The van der Waals surface area contributed by atoms with Crippen LogP contribution in [0.4, 0.5) is 4.39 Å². The third kappa shape index (κ3) is 3.04. The first-order valence-corrected chi connectivity index (χ1v) is 7.09. The first-order chi connectivity index (χ1) is 9.15. The maximum Gasteiger partial charge on any atom is 0.129 e. The van der Waals surface area contributed by atoms with Gasteiger partial charge in [-0.05, 0) is 31.2 Å². The van der Waals surface area contributed by atoms with Gasteiger partial charge in [0.05, 0.1) is 11.7 Å². The molecule has 1 aromatic heterocycles. The van der Waals surface area contributed by atoms with Gasteiger partial charge in [0.1, 0.15) is 5.82 Å². The van der Waals surface area contributed by atoms with E-state index in [0.29, 0.717) is 5.56 Å². The second-order valence-corrected chi connectivity index (χ2v) is 5.26. The van der Waals surface area contributed by atoms with Crippen LogP contribution in [0.1, 0.15) is 30.6 Å². The molecule has 102 valence electrons. The second-order valence-electron chi connectivity index (χ2n) is 4.40. The van der Waals surface area contributed by atoms with Crippen LogP contribution in [-0.2, 0) is 7.05 Å². The average Bonchev–Trinajstić information content (AvgIpc) is 2.79. The number of hydrogen-bond donors (Lipinski definition) is 1. The van der Waals surface area contributed by atoms with E-state index in [2.05, 4.69) is 33.3 Å². The second kappa shape index (κ2) is 6.30. The van der Waals surface area contributed by atoms with Crippen molar-refractivity contribution in [2.45, 2.75) is 19.4 Å². The molecule has 19 heavy (non-hydrogen) atoms. The van der Waals surface area contributed by atoms with Crippen molar-refractivity contribution in [3.63, 3.8) is 0 Å². The predicted octanol–water partition coefficient (Wildman–Crippen LogP) is 3.41. The lowest BCUT2D eigenvalue weighted by molar-refractivity contribution is 0.518. The Labute approximate surface area is 121 Å². The first kappa shape index (κ1) is 14.2. The topological polar surface area (TPSA) is 29.9 Å². The Morgan fingerprint density at radius 2 is 2.21 bits per heavy atom. The van der Waals surface area contributed by atoms with Crippen molar-refractivity contribution in [3.05, 3.63) is 52.0 Å². The van der Waals surface area contributed by atoms with Gasteiger partial charge in [0.15, 0.2) is 0 Å². The van der Waals surface area contributed by atoms with Crippen LogP contribution in [0, 0.1) is 5.82 Å². The fourth-order valence-corrected chi connectivity index (χ4v) is 2.67. The van der Waals surface area contributed by atoms with Gasteiger partial charge in [0, 0.05) is 23.3 Å². The van der Waals surface area contributed by atoms with E-state index in [1.165, 1.54) is 6.07 Å². The van der Waals surface area contributed by atoms with Crippen molar-refractivity contribution in [3.8, 4) is 0 Å². The third-order valence-corrected chi connectivity index (χ3v) is 3.73. The summed E-state index contributed by atoms with van der Waals surface area (Å²) in [5.74, 6) is -0.218. The van der Waals surface area contributed by atoms with Crippen LogP contribution in [0.15, 0.2) is 34.9 Å². The Bertz CT molecular complexity index is 533. The number of nitrogens with one attached hydrogen (secondary N) is 1. The Morgan fingerprint density at radius 3 is 2.79 bits per heavy atom. The number of halogens is 2. The number of benzene rings is 1. The summed E-state index contributed by atoms with van der Waals surface area (Å²) >= 11 is 3.44. The minimum atomic E-state index is -0.218. The molecule has 1 heterocycles. The highest BCUT2D eigenvalue weighted by Crippen LogP contribution is 2.30. The van der Waals surface area contributed by atoms with Gasteiger partial charge in [-0.2, -0.15) is 5.10 Å². The zero-order valence-electron chi connectivity index (χ0n) is 11.0. The average molecular weight is 326 g/mol. The summed E-state index contributed by atoms with van der Waals surface area (Å²) < 4.78 is 16.7. The van der Waals surface area contributed by atoms with E-state index < -0.39 is 0 Å². The maximum atomic E-state index is 14.2. The maximum absolute atomic E-state index is 14.2. The molecule has 0 aliphatic rings. The summed E-state index contributed by atoms with van der Waals surface area (Å²) in [4.78, 5) is 0. The van der Waals surface area contributed by atoms with Gasteiger partial charge in [0.2, 0.25) is 0 Å². The number of nitrogens with zero attached hydrogens (tertiary/aromatic N) is 2. The molecule has 0 fully saturated rings. The molecule has 0 saturated carbocycles. The largest absolute Gasteiger partial charge is 0.305 e. The number of aromatic nitrogens is 2. The van der Waals surface area contributed by atoms with Crippen LogP contribution in [-0.4, -0.2) is 16.3 Å². The molecular weight excluding hydrogens is 309 g/mol. The summed E-state index contributed by atoms with van der Waals surface area (Å²) in [5, 5.41) is 7.55. The predicted molar refractivity (Wildman–Crippen MR) is 77.4 cm³/mol. The molecule has 1 aromatic carbocycles. The minimum Gasteiger partial charge on any atom is -0.305 e. The molecular formula is C14H17BrFN3. The van der Waals surface area contributed by atoms with Crippen molar-refractivity contribution in [1.29, 1.82) is 0 Å². The lowest BCUT2D eigenvalue weighted by Crippen LogP contribution is -2.26. The Morgan fingerprint density at radius 1 is 1.42 bits per heavy atom. The summed E-state index contributed by atoms with van der Waals surface area (Å²) in [6, 6.07) is 6.74. The van der Waals surface area contributed by atoms with E-state index in [1.807, 2.05) is 19.2 Å². The van der Waals surface area contributed by atoms with Gasteiger partial charge in [0.25, 0.3) is 0 Å². The molecule has 2 aromatic rings. The van der Waals surface area contributed by atoms with Crippen molar-refractivity contribution in [2.24, 2.45) is 7.05 Å². The van der Waals surface area contributed by atoms with Crippen molar-refractivity contribution >= 4 is 15.9 Å². The Kier molecular flexibility index (Phi) is 4.71. The summed E-state index contributed by atoms with van der Waals surface area (Å²) in [6.45, 7) is 2.90. The molecule has 0 bridgehead atoms. The molecule has 0 radical (unpaired) electrons. The molecule has 2 rings (SSSR count). The zero-order chi connectivity index (χ0) is 13.8. The Hall–Kier alpha value is -1.20. The molecule has 0 spiro atoms. The van der Waals surface area contributed by atoms with Crippen LogP contribution in [0.5, 0.6) is 0 Å². The summed E-state index contributed by atoms with van der Waals surface area (Å²) in [7, 11) is 1.87. The van der Waals surface area contributed by atoms with E-state index in [1.54, 1.807) is 16.9 Å². The molecule has 3 nitrogen and oxygen atoms in total. The Balaban J connectivity index is 2.46. The van der Waals surface area contributed by atoms with E-state index in [0.717, 1.165) is 23.1 Å². The lowest BCUT2D eigenvalue weighted by atomic mass is 10.0. The zero-order valence-corrected chi connectivity index (χ0v) is 12.6. The van der Waals surface area contributed by atoms with E-state index in [9.17, 15) is 4.39 Å². The van der Waals surface area contributed by atoms with E-state index in [4.69, 9.17) is 0 Å². The SMILES string of the molecule is CCCNC(c1c(F)cccc1Br)c1ccnn1C. The van der Waals surface area contributed by atoms with Crippen LogP contribution in [0.2, 0.25) is 0 Å². The van der Waals surface area contributed by atoms with Crippen molar-refractivity contribution < 1.29 is 4.39 Å². The number of aryl methyl sites for hydroxylation is 1. The van der Waals surface area contributed by atoms with Gasteiger partial charge < -0.3 is 5.32 Å². The number of rotatable bonds is 5. The van der Waals surface area contributed by atoms with Crippen LogP contribution in [0.3, 0.4) is 0 Å². The fourth-order valence-electron chi connectivity index (χ4n) is 2.10. The van der Waals surface area contributed by atoms with Gasteiger partial charge in [-0.1, -0.05) is 28.9 Å². The lowest BCUT2D eigenvalue weighted by Gasteiger charge is -2.21. The summed E-state index contributed by atoms with van der Waals surface area (Å²) in [6.07, 6.45) is 2.71. The smallest absolute Gasteiger partial charge is 0.129 e. The van der Waals surface area contributed by atoms with E-state index >= 15 is 0 Å². The third-order valence-electron chi connectivity index (χ3n) is 3.04. The molecule has 1 unspecified atom stereocenters. The van der Waals surface area contributed by atoms with Gasteiger partial charge in [-0.15, -0.1) is 0 Å². The fraction of sp³-hybridized carbons (Fsp3) is 0.357. The molecule has 0 amide bonds. The highest BCUT2D eigenvalue weighted by molar-refractivity contribution is 9.10. The van der Waals surface area contributed by atoms with Gasteiger partial charge >= 0.3 is 0 Å². The van der Waals surface area contributed by atoms with Crippen molar-refractivity contribution in [1.82, 2.24) is 15.1 Å². The van der Waals surface area contributed by atoms with Gasteiger partial charge in [-0.3, -0.25) is 4.68 Å². The molecule has 0 saturated heterocycles. The molecule has 1 N–H and O–H groups in total. The molecule has 0 aliphatic heterocycles. The minimum absolute atomic E-state index is 0.206. The van der Waals surface area contributed by atoms with Gasteiger partial charge in [-0.25, -0.2) is 4.39 Å². The first-order valence-electron chi connectivity index (χ1n) is 6.30. The summed E-state index contributed by atoms with van der Waals surface area (Å²) in [5.41, 5.74) is 1.57. The van der Waals surface area contributed by atoms with E-state index in [-0.39, 0.29) is 11.9 Å². The monoisotopic (exact) mass is 325 g/mol. The quantitative estimate of drug-likeness (QED) is 0.912. The standard InChI is InChI=1S/C14H17BrFN3/c1-3-8-17-14(12-7-9-18-19(12)2)13-10(15)5-4-6-11(13)16/h4-7,9,14,17H,3,8H2,1-2H3. The number of hydrogen-bond acceptors (Lipinski definition) is 2. The highest BCUT2D eigenvalue weighted by Gasteiger charge is 2.22. The van der Waals surface area contributed by atoms with Crippen LogP contribution in [0.25, 0.3) is 0 Å². The van der Waals surface area contributed by atoms with Crippen LogP contribution < -0.4 is 5.32 Å².